The van der Waals surface area contributed by atoms with E-state index >= 15 is 0 Å². The lowest BCUT2D eigenvalue weighted by atomic mass is 10.1. The van der Waals surface area contributed by atoms with Crippen molar-refractivity contribution in [2.75, 3.05) is 10.6 Å². The van der Waals surface area contributed by atoms with Gasteiger partial charge in [0.05, 0.1) is 16.9 Å². The van der Waals surface area contributed by atoms with E-state index in [2.05, 4.69) is 15.6 Å². The number of amides is 2. The van der Waals surface area contributed by atoms with Gasteiger partial charge in [0.15, 0.2) is 5.13 Å². The third-order valence-electron chi connectivity index (χ3n) is 4.24. The number of aliphatic carboxylic acids is 1. The molecule has 0 radical (unpaired) electrons. The lowest BCUT2D eigenvalue weighted by Gasteiger charge is -2.10. The van der Waals surface area contributed by atoms with E-state index in [1.807, 2.05) is 13.8 Å². The number of nitrogens with one attached hydrogen (secondary N) is 2. The first kappa shape index (κ1) is 21.6. The van der Waals surface area contributed by atoms with Crippen LogP contribution >= 0.6 is 11.3 Å². The van der Waals surface area contributed by atoms with Crippen molar-refractivity contribution < 1.29 is 19.5 Å². The largest absolute Gasteiger partial charge is 0.481 e. The summed E-state index contributed by atoms with van der Waals surface area (Å²) < 4.78 is 0. The molecule has 3 N–H and O–H groups in total. The first-order chi connectivity index (χ1) is 13.4. The number of hydrogen-bond donors (Lipinski definition) is 3. The molecule has 0 atom stereocenters. The molecule has 0 aliphatic carbocycles. The van der Waals surface area contributed by atoms with E-state index in [0.717, 1.165) is 23.4 Å². The summed E-state index contributed by atoms with van der Waals surface area (Å²) in [6.07, 6.45) is 3.37. The first-order valence-corrected chi connectivity index (χ1v) is 10.0. The lowest BCUT2D eigenvalue weighted by Crippen LogP contribution is -2.18. The maximum atomic E-state index is 12.6. The average Bonchev–Trinajstić information content (AvgIpc) is 2.95. The number of hydrogen-bond acceptors (Lipinski definition) is 5. The van der Waals surface area contributed by atoms with Gasteiger partial charge in [0.25, 0.3) is 5.91 Å². The zero-order valence-electron chi connectivity index (χ0n) is 16.1. The Kier molecular flexibility index (Phi) is 8.13. The van der Waals surface area contributed by atoms with Crippen LogP contribution in [0, 0.1) is 13.8 Å². The molecular weight excluding hydrogens is 378 g/mol. The highest BCUT2D eigenvalue weighted by molar-refractivity contribution is 7.15. The Morgan fingerprint density at radius 2 is 1.68 bits per heavy atom. The fraction of sp³-hybridized carbons (Fsp3) is 0.400. The highest BCUT2D eigenvalue weighted by Gasteiger charge is 2.15. The van der Waals surface area contributed by atoms with Gasteiger partial charge in [-0.05, 0) is 38.8 Å². The van der Waals surface area contributed by atoms with Crippen LogP contribution in [0.2, 0.25) is 0 Å². The summed E-state index contributed by atoms with van der Waals surface area (Å²) in [6.45, 7) is 3.83. The number of carboxylic acid groups (broad SMARTS) is 1. The predicted octanol–water partition coefficient (Wildman–Crippen LogP) is 4.38. The van der Waals surface area contributed by atoms with E-state index in [1.54, 1.807) is 24.3 Å². The van der Waals surface area contributed by atoms with Crippen LogP contribution in [-0.4, -0.2) is 27.9 Å². The number of aryl methyl sites for hydroxylation is 2. The van der Waals surface area contributed by atoms with E-state index in [1.165, 1.54) is 11.3 Å². The van der Waals surface area contributed by atoms with E-state index in [9.17, 15) is 14.4 Å². The SMILES string of the molecule is Cc1nc(NC(=O)c2ccccc2NC(=O)CCCCCCC(=O)O)sc1C. The van der Waals surface area contributed by atoms with Crippen molar-refractivity contribution in [1.29, 1.82) is 0 Å². The monoisotopic (exact) mass is 403 g/mol. The standard InChI is InChI=1S/C20H25N3O4S/c1-13-14(2)28-20(21-13)23-19(27)15-9-7-8-10-16(15)22-17(24)11-5-3-4-6-12-18(25)26/h7-10H,3-6,11-12H2,1-2H3,(H,22,24)(H,25,26)(H,21,23,27). The summed E-state index contributed by atoms with van der Waals surface area (Å²) in [6, 6.07) is 6.85. The number of carbonyl (C=O) groups is 3. The molecule has 1 aromatic heterocycles. The smallest absolute Gasteiger partial charge is 0.303 e. The van der Waals surface area contributed by atoms with Crippen LogP contribution < -0.4 is 10.6 Å². The van der Waals surface area contributed by atoms with Crippen LogP contribution in [-0.2, 0) is 9.59 Å². The number of rotatable bonds is 10. The molecule has 1 aromatic carbocycles. The Balaban J connectivity index is 1.87. The predicted molar refractivity (Wildman–Crippen MR) is 110 cm³/mol. The maximum absolute atomic E-state index is 12.6. The molecule has 2 amide bonds. The second-order valence-corrected chi connectivity index (χ2v) is 7.72. The van der Waals surface area contributed by atoms with Crippen LogP contribution in [0.3, 0.4) is 0 Å². The highest BCUT2D eigenvalue weighted by atomic mass is 32.1. The van der Waals surface area contributed by atoms with Gasteiger partial charge >= 0.3 is 5.97 Å². The number of carbonyl (C=O) groups excluding carboxylic acids is 2. The zero-order chi connectivity index (χ0) is 20.5. The van der Waals surface area contributed by atoms with Gasteiger partial charge in [-0.2, -0.15) is 0 Å². The molecule has 1 heterocycles. The number of anilines is 2. The molecule has 0 saturated carbocycles. The van der Waals surface area contributed by atoms with Gasteiger partial charge in [-0.15, -0.1) is 11.3 Å². The van der Waals surface area contributed by atoms with E-state index in [-0.39, 0.29) is 18.2 Å². The maximum Gasteiger partial charge on any atom is 0.303 e. The summed E-state index contributed by atoms with van der Waals surface area (Å²) in [7, 11) is 0. The zero-order valence-corrected chi connectivity index (χ0v) is 16.9. The minimum absolute atomic E-state index is 0.160. The molecule has 150 valence electrons. The molecule has 0 bridgehead atoms. The first-order valence-electron chi connectivity index (χ1n) is 9.23. The Labute approximate surface area is 168 Å². The second-order valence-electron chi connectivity index (χ2n) is 6.52. The minimum atomic E-state index is -0.796. The highest BCUT2D eigenvalue weighted by Crippen LogP contribution is 2.23. The van der Waals surface area contributed by atoms with Crippen LogP contribution in [0.4, 0.5) is 10.8 Å². The van der Waals surface area contributed by atoms with Crippen molar-refractivity contribution in [1.82, 2.24) is 4.98 Å². The van der Waals surface area contributed by atoms with Crippen molar-refractivity contribution in [2.45, 2.75) is 52.4 Å². The lowest BCUT2D eigenvalue weighted by molar-refractivity contribution is -0.137. The Hall–Kier alpha value is -2.74. The summed E-state index contributed by atoms with van der Waals surface area (Å²) in [4.78, 5) is 40.6. The molecule has 2 rings (SSSR count). The molecule has 0 aliphatic rings. The van der Waals surface area contributed by atoms with Crippen molar-refractivity contribution >= 4 is 39.9 Å². The van der Waals surface area contributed by atoms with Gasteiger partial charge in [0.1, 0.15) is 0 Å². The Bertz CT molecular complexity index is 828. The molecule has 28 heavy (non-hydrogen) atoms. The number of thiazole rings is 1. The van der Waals surface area contributed by atoms with Crippen molar-refractivity contribution in [3.05, 3.63) is 40.4 Å². The second kappa shape index (κ2) is 10.6. The number of benzene rings is 1. The summed E-state index contributed by atoms with van der Waals surface area (Å²) in [5.74, 6) is -1.28. The summed E-state index contributed by atoms with van der Waals surface area (Å²) in [5.41, 5.74) is 1.72. The number of aromatic nitrogens is 1. The molecule has 0 spiro atoms. The fourth-order valence-electron chi connectivity index (χ4n) is 2.61. The Morgan fingerprint density at radius 3 is 2.32 bits per heavy atom. The van der Waals surface area contributed by atoms with Crippen LogP contribution in [0.25, 0.3) is 0 Å². The number of carboxylic acids is 1. The van der Waals surface area contributed by atoms with Gasteiger partial charge in [0, 0.05) is 17.7 Å². The third kappa shape index (κ3) is 6.77. The van der Waals surface area contributed by atoms with Gasteiger partial charge in [-0.25, -0.2) is 4.98 Å². The van der Waals surface area contributed by atoms with Crippen molar-refractivity contribution in [3.8, 4) is 0 Å². The van der Waals surface area contributed by atoms with Gasteiger partial charge in [-0.1, -0.05) is 25.0 Å². The van der Waals surface area contributed by atoms with Crippen molar-refractivity contribution in [3.63, 3.8) is 0 Å². The molecule has 8 heteroatoms. The van der Waals surface area contributed by atoms with E-state index in [0.29, 0.717) is 35.6 Å². The van der Waals surface area contributed by atoms with Gasteiger partial charge in [-0.3, -0.25) is 19.7 Å². The van der Waals surface area contributed by atoms with Crippen LogP contribution in [0.15, 0.2) is 24.3 Å². The molecule has 0 aliphatic heterocycles. The molecule has 0 saturated heterocycles. The molecule has 0 unspecified atom stereocenters. The molecule has 2 aromatic rings. The molecular formula is C20H25N3O4S. The number of unbranched alkanes of at least 4 members (excludes halogenated alkanes) is 3. The van der Waals surface area contributed by atoms with E-state index < -0.39 is 5.97 Å². The summed E-state index contributed by atoms with van der Waals surface area (Å²) >= 11 is 1.41. The fourth-order valence-corrected chi connectivity index (χ4v) is 3.42. The van der Waals surface area contributed by atoms with Gasteiger partial charge < -0.3 is 10.4 Å². The normalized spacial score (nSPS) is 10.5. The Morgan fingerprint density at radius 1 is 1.00 bits per heavy atom. The van der Waals surface area contributed by atoms with E-state index in [4.69, 9.17) is 5.11 Å². The van der Waals surface area contributed by atoms with Crippen molar-refractivity contribution in [2.24, 2.45) is 0 Å². The molecule has 0 fully saturated rings. The average molecular weight is 404 g/mol. The number of nitrogens with zero attached hydrogens (tertiary/aromatic N) is 1. The summed E-state index contributed by atoms with van der Waals surface area (Å²) in [5, 5.41) is 14.7. The van der Waals surface area contributed by atoms with Crippen LogP contribution in [0.5, 0.6) is 0 Å². The third-order valence-corrected chi connectivity index (χ3v) is 5.23. The van der Waals surface area contributed by atoms with Gasteiger partial charge in [0.2, 0.25) is 5.91 Å². The minimum Gasteiger partial charge on any atom is -0.481 e. The van der Waals surface area contributed by atoms with Crippen LogP contribution in [0.1, 0.15) is 59.5 Å². The number of para-hydroxylation sites is 1. The molecule has 7 nitrogen and oxygen atoms in total. The quantitative estimate of drug-likeness (QED) is 0.510. The topological polar surface area (TPSA) is 108 Å².